The molecule has 0 aromatic carbocycles. The van der Waals surface area contributed by atoms with Gasteiger partial charge in [0, 0.05) is 37.4 Å². The van der Waals surface area contributed by atoms with Crippen molar-refractivity contribution in [3.63, 3.8) is 0 Å². The van der Waals surface area contributed by atoms with Crippen LogP contribution in [0.3, 0.4) is 0 Å². The summed E-state index contributed by atoms with van der Waals surface area (Å²) in [5.74, 6) is -3.57. The fourth-order valence-electron chi connectivity index (χ4n) is 2.80. The predicted molar refractivity (Wildman–Crippen MR) is 62.6 cm³/mol. The molecule has 1 aliphatic carbocycles. The molecule has 2 N–H and O–H groups in total. The van der Waals surface area contributed by atoms with Gasteiger partial charge in [-0.2, -0.15) is 0 Å². The molecular weight excluding hydrogens is 242 g/mol. The quantitative estimate of drug-likeness (QED) is 0.757. The van der Waals surface area contributed by atoms with Crippen molar-refractivity contribution >= 4 is 6.09 Å². The van der Waals surface area contributed by atoms with Crippen molar-refractivity contribution in [2.24, 2.45) is 11.8 Å². The number of alkyl halides is 2. The number of carbonyl (C=O) groups is 1. The summed E-state index contributed by atoms with van der Waals surface area (Å²) >= 11 is 0. The van der Waals surface area contributed by atoms with E-state index in [-0.39, 0.29) is 12.3 Å². The molecule has 1 aliphatic heterocycles. The zero-order valence-corrected chi connectivity index (χ0v) is 10.9. The number of nitrogens with one attached hydrogen (secondary N) is 2. The van der Waals surface area contributed by atoms with E-state index >= 15 is 0 Å². The Balaban J connectivity index is 1.96. The van der Waals surface area contributed by atoms with Gasteiger partial charge in [-0.25, -0.2) is 13.6 Å². The zero-order valence-electron chi connectivity index (χ0n) is 10.9. The lowest BCUT2D eigenvalue weighted by molar-refractivity contribution is -0.0365. The van der Waals surface area contributed by atoms with E-state index in [1.807, 2.05) is 0 Å². The van der Waals surface area contributed by atoms with Gasteiger partial charge in [0.15, 0.2) is 0 Å². The summed E-state index contributed by atoms with van der Waals surface area (Å²) in [6, 6.07) is -0.505. The van der Waals surface area contributed by atoms with E-state index in [9.17, 15) is 13.6 Å². The molecule has 104 valence electrons. The number of fused-ring (bicyclic) bond motifs is 1. The van der Waals surface area contributed by atoms with E-state index < -0.39 is 29.6 Å². The molecular formula is C12H20F2N2O2. The fraction of sp³-hybridized carbons (Fsp3) is 0.917. The predicted octanol–water partition coefficient (Wildman–Crippen LogP) is 1.75. The fourth-order valence-corrected chi connectivity index (χ4v) is 2.80. The third-order valence-electron chi connectivity index (χ3n) is 3.51. The molecule has 2 fully saturated rings. The Bertz CT molecular complexity index is 341. The average Bonchev–Trinajstić information content (AvgIpc) is 2.67. The summed E-state index contributed by atoms with van der Waals surface area (Å²) in [6.07, 6.45) is -0.903. The van der Waals surface area contributed by atoms with Crippen LogP contribution in [0.1, 0.15) is 27.2 Å². The van der Waals surface area contributed by atoms with Crippen LogP contribution in [0.15, 0.2) is 0 Å². The van der Waals surface area contributed by atoms with Gasteiger partial charge in [0.2, 0.25) is 0 Å². The summed E-state index contributed by atoms with van der Waals surface area (Å²) in [5, 5.41) is 5.54. The highest BCUT2D eigenvalue weighted by atomic mass is 19.3. The Morgan fingerprint density at radius 1 is 1.39 bits per heavy atom. The van der Waals surface area contributed by atoms with Crippen molar-refractivity contribution in [3.05, 3.63) is 0 Å². The van der Waals surface area contributed by atoms with Crippen LogP contribution in [0.4, 0.5) is 13.6 Å². The number of carbonyl (C=O) groups excluding carboxylic acids is 1. The lowest BCUT2D eigenvalue weighted by atomic mass is 9.96. The van der Waals surface area contributed by atoms with Gasteiger partial charge in [0.05, 0.1) is 0 Å². The van der Waals surface area contributed by atoms with Crippen LogP contribution in [0.2, 0.25) is 0 Å². The topological polar surface area (TPSA) is 50.4 Å². The monoisotopic (exact) mass is 262 g/mol. The van der Waals surface area contributed by atoms with Crippen molar-refractivity contribution in [1.82, 2.24) is 10.6 Å². The minimum atomic E-state index is -2.70. The lowest BCUT2D eigenvalue weighted by Crippen LogP contribution is -2.42. The molecule has 0 aromatic rings. The molecule has 0 spiro atoms. The Hall–Kier alpha value is -0.910. The molecule has 4 nitrogen and oxygen atoms in total. The summed E-state index contributed by atoms with van der Waals surface area (Å²) in [7, 11) is 0. The minimum Gasteiger partial charge on any atom is -0.444 e. The average molecular weight is 262 g/mol. The first-order valence-electron chi connectivity index (χ1n) is 6.27. The van der Waals surface area contributed by atoms with Crippen LogP contribution in [-0.2, 0) is 4.74 Å². The van der Waals surface area contributed by atoms with E-state index in [4.69, 9.17) is 4.74 Å². The largest absolute Gasteiger partial charge is 0.444 e. The van der Waals surface area contributed by atoms with Crippen LogP contribution >= 0.6 is 0 Å². The maximum atomic E-state index is 13.7. The van der Waals surface area contributed by atoms with Gasteiger partial charge in [-0.3, -0.25) is 0 Å². The van der Waals surface area contributed by atoms with Gasteiger partial charge >= 0.3 is 6.09 Å². The van der Waals surface area contributed by atoms with Gasteiger partial charge in [-0.1, -0.05) is 0 Å². The molecule has 0 radical (unpaired) electrons. The van der Waals surface area contributed by atoms with Crippen molar-refractivity contribution in [3.8, 4) is 0 Å². The third-order valence-corrected chi connectivity index (χ3v) is 3.51. The molecule has 2 rings (SSSR count). The normalized spacial score (nSPS) is 34.2. The second kappa shape index (κ2) is 4.33. The Morgan fingerprint density at radius 3 is 2.67 bits per heavy atom. The number of halogens is 2. The van der Waals surface area contributed by atoms with Crippen molar-refractivity contribution in [2.45, 2.75) is 44.8 Å². The molecule has 1 amide bonds. The molecule has 0 bridgehead atoms. The van der Waals surface area contributed by atoms with E-state index in [0.717, 1.165) is 0 Å². The standard InChI is InChI=1S/C12H20F2N2O2/c1-11(2,3)18-10(17)16-9-4-12(13,14)8-6-15-5-7(8)9/h7-9,15H,4-6H2,1-3H3,(H,16,17)/t7-,8+,9-/m1/s1. The number of rotatable bonds is 1. The molecule has 1 saturated carbocycles. The summed E-state index contributed by atoms with van der Waals surface area (Å²) in [5.41, 5.74) is -0.613. The molecule has 1 heterocycles. The summed E-state index contributed by atoms with van der Waals surface area (Å²) < 4.78 is 32.5. The van der Waals surface area contributed by atoms with E-state index in [1.165, 1.54) is 0 Å². The number of hydrogen-bond acceptors (Lipinski definition) is 3. The van der Waals surface area contributed by atoms with Gasteiger partial charge < -0.3 is 15.4 Å². The first-order valence-corrected chi connectivity index (χ1v) is 6.27. The first kappa shape index (κ1) is 13.5. The minimum absolute atomic E-state index is 0.201. The van der Waals surface area contributed by atoms with Crippen LogP contribution in [0.25, 0.3) is 0 Å². The van der Waals surface area contributed by atoms with Gasteiger partial charge in [0.25, 0.3) is 5.92 Å². The molecule has 0 aromatic heterocycles. The highest BCUT2D eigenvalue weighted by Crippen LogP contribution is 2.46. The number of ether oxygens (including phenoxy) is 1. The van der Waals surface area contributed by atoms with Gasteiger partial charge in [0.1, 0.15) is 5.60 Å². The molecule has 2 aliphatic rings. The van der Waals surface area contributed by atoms with Crippen LogP contribution in [0.5, 0.6) is 0 Å². The van der Waals surface area contributed by atoms with Crippen molar-refractivity contribution in [1.29, 1.82) is 0 Å². The van der Waals surface area contributed by atoms with Crippen molar-refractivity contribution < 1.29 is 18.3 Å². The van der Waals surface area contributed by atoms with Crippen molar-refractivity contribution in [2.75, 3.05) is 13.1 Å². The summed E-state index contributed by atoms with van der Waals surface area (Å²) in [6.45, 7) is 6.09. The lowest BCUT2D eigenvalue weighted by Gasteiger charge is -2.23. The number of alkyl carbamates (subject to hydrolysis) is 1. The second-order valence-corrected chi connectivity index (χ2v) is 6.15. The van der Waals surface area contributed by atoms with Crippen LogP contribution in [0, 0.1) is 11.8 Å². The zero-order chi connectivity index (χ0) is 13.6. The van der Waals surface area contributed by atoms with Gasteiger partial charge in [-0.05, 0) is 20.8 Å². The maximum Gasteiger partial charge on any atom is 0.407 e. The highest BCUT2D eigenvalue weighted by molar-refractivity contribution is 5.68. The van der Waals surface area contributed by atoms with Crippen LogP contribution in [-0.4, -0.2) is 36.7 Å². The van der Waals surface area contributed by atoms with Crippen LogP contribution < -0.4 is 10.6 Å². The maximum absolute atomic E-state index is 13.7. The second-order valence-electron chi connectivity index (χ2n) is 6.15. The van der Waals surface area contributed by atoms with Gasteiger partial charge in [-0.15, -0.1) is 0 Å². The highest BCUT2D eigenvalue weighted by Gasteiger charge is 2.57. The molecule has 6 heteroatoms. The first-order chi connectivity index (χ1) is 8.19. The summed E-state index contributed by atoms with van der Waals surface area (Å²) in [4.78, 5) is 11.6. The SMILES string of the molecule is CC(C)(C)OC(=O)N[C@@H]1CC(F)(F)[C@H]2CNC[C@@H]12. The van der Waals surface area contributed by atoms with E-state index in [2.05, 4.69) is 10.6 Å². The Kier molecular flexibility index (Phi) is 3.25. The molecule has 1 saturated heterocycles. The molecule has 3 atom stereocenters. The smallest absolute Gasteiger partial charge is 0.407 e. The van der Waals surface area contributed by atoms with E-state index in [0.29, 0.717) is 13.1 Å². The number of hydrogen-bond donors (Lipinski definition) is 2. The van der Waals surface area contributed by atoms with E-state index in [1.54, 1.807) is 20.8 Å². The number of amides is 1. The Morgan fingerprint density at radius 2 is 2.06 bits per heavy atom. The molecule has 18 heavy (non-hydrogen) atoms. The Labute approximate surface area is 105 Å². The third kappa shape index (κ3) is 2.74. The molecule has 0 unspecified atom stereocenters.